The molecule has 1 heterocycles. The predicted octanol–water partition coefficient (Wildman–Crippen LogP) is 0.822. The van der Waals surface area contributed by atoms with E-state index in [1.807, 2.05) is 0 Å². The standard InChI is InChI=1S/C8H15NOSe/c1-8(10)2-3-9-4-6-11-7-5-9/h2-7H2,1H3. The molecule has 0 aromatic heterocycles. The van der Waals surface area contributed by atoms with E-state index in [1.165, 1.54) is 23.7 Å². The number of rotatable bonds is 3. The van der Waals surface area contributed by atoms with E-state index >= 15 is 0 Å². The molecule has 0 spiro atoms. The Hall–Kier alpha value is 0.149. The van der Waals surface area contributed by atoms with Gasteiger partial charge in [0.25, 0.3) is 0 Å². The van der Waals surface area contributed by atoms with Crippen molar-refractivity contribution in [2.75, 3.05) is 19.6 Å². The molecular weight excluding hydrogens is 205 g/mol. The molecule has 1 saturated heterocycles. The van der Waals surface area contributed by atoms with Crippen LogP contribution in [0.15, 0.2) is 0 Å². The van der Waals surface area contributed by atoms with Crippen LogP contribution in [-0.2, 0) is 4.79 Å². The molecular formula is C8H15NOSe. The zero-order valence-electron chi connectivity index (χ0n) is 7.01. The summed E-state index contributed by atoms with van der Waals surface area (Å²) in [5, 5.41) is 2.76. The summed E-state index contributed by atoms with van der Waals surface area (Å²) in [6.07, 6.45) is 0.743. The van der Waals surface area contributed by atoms with Crippen molar-refractivity contribution in [1.82, 2.24) is 4.90 Å². The number of ketones is 1. The Labute approximate surface area is 74.5 Å². The van der Waals surface area contributed by atoms with Crippen molar-refractivity contribution < 1.29 is 4.79 Å². The number of carbonyl (C=O) groups excluding carboxylic acids is 1. The van der Waals surface area contributed by atoms with E-state index in [9.17, 15) is 4.79 Å². The van der Waals surface area contributed by atoms with Crippen molar-refractivity contribution >= 4 is 20.7 Å². The van der Waals surface area contributed by atoms with E-state index in [-0.39, 0.29) is 0 Å². The zero-order chi connectivity index (χ0) is 8.10. The van der Waals surface area contributed by atoms with Crippen LogP contribution in [0.1, 0.15) is 13.3 Å². The van der Waals surface area contributed by atoms with Gasteiger partial charge in [0, 0.05) is 0 Å². The van der Waals surface area contributed by atoms with Crippen LogP contribution < -0.4 is 0 Å². The maximum absolute atomic E-state index is 10.7. The molecule has 64 valence electrons. The number of nitrogens with zero attached hydrogens (tertiary/aromatic N) is 1. The van der Waals surface area contributed by atoms with Crippen LogP contribution in [0.5, 0.6) is 0 Å². The Balaban J connectivity index is 2.09. The normalized spacial score (nSPS) is 20.1. The summed E-state index contributed by atoms with van der Waals surface area (Å²) in [5.74, 6) is 0.320. The van der Waals surface area contributed by atoms with E-state index in [2.05, 4.69) is 4.90 Å². The minimum atomic E-state index is 0.320. The molecule has 0 aliphatic carbocycles. The van der Waals surface area contributed by atoms with E-state index in [4.69, 9.17) is 0 Å². The van der Waals surface area contributed by atoms with Crippen LogP contribution in [0.4, 0.5) is 0 Å². The second-order valence-electron chi connectivity index (χ2n) is 2.91. The molecule has 2 nitrogen and oxygen atoms in total. The van der Waals surface area contributed by atoms with Crippen LogP contribution in [0.3, 0.4) is 0 Å². The first-order chi connectivity index (χ1) is 5.29. The number of hydrogen-bond donors (Lipinski definition) is 0. The number of Topliss-reactive ketones (excluding diaryl/α,β-unsaturated/α-hetero) is 1. The van der Waals surface area contributed by atoms with Gasteiger partial charge in [-0.3, -0.25) is 0 Å². The molecule has 1 rings (SSSR count). The van der Waals surface area contributed by atoms with Crippen LogP contribution in [0.2, 0.25) is 10.6 Å². The van der Waals surface area contributed by atoms with E-state index < -0.39 is 0 Å². The van der Waals surface area contributed by atoms with Crippen molar-refractivity contribution in [3.63, 3.8) is 0 Å². The third-order valence-corrected chi connectivity index (χ3v) is 3.86. The quantitative estimate of drug-likeness (QED) is 0.656. The Kier molecular flexibility index (Phi) is 4.13. The maximum atomic E-state index is 10.7. The second-order valence-corrected chi connectivity index (χ2v) is 5.48. The molecule has 0 saturated carbocycles. The van der Waals surface area contributed by atoms with Gasteiger partial charge in [0.15, 0.2) is 0 Å². The van der Waals surface area contributed by atoms with Gasteiger partial charge in [-0.25, -0.2) is 0 Å². The first-order valence-electron chi connectivity index (χ1n) is 4.08. The first kappa shape index (κ1) is 9.24. The van der Waals surface area contributed by atoms with Crippen molar-refractivity contribution in [2.24, 2.45) is 0 Å². The third-order valence-electron chi connectivity index (χ3n) is 1.88. The molecule has 0 N–H and O–H groups in total. The Morgan fingerprint density at radius 2 is 2.09 bits per heavy atom. The molecule has 0 aromatic rings. The Morgan fingerprint density at radius 3 is 2.64 bits per heavy atom. The monoisotopic (exact) mass is 221 g/mol. The molecule has 1 fully saturated rings. The van der Waals surface area contributed by atoms with E-state index in [0.29, 0.717) is 5.78 Å². The molecule has 0 amide bonds. The van der Waals surface area contributed by atoms with Gasteiger partial charge in [-0.05, 0) is 0 Å². The fourth-order valence-electron chi connectivity index (χ4n) is 1.14. The van der Waals surface area contributed by atoms with Crippen LogP contribution >= 0.6 is 0 Å². The zero-order valence-corrected chi connectivity index (χ0v) is 8.72. The Morgan fingerprint density at radius 1 is 1.45 bits per heavy atom. The minimum absolute atomic E-state index is 0.320. The Bertz CT molecular complexity index is 132. The summed E-state index contributed by atoms with van der Waals surface area (Å²) in [6.45, 7) is 5.12. The van der Waals surface area contributed by atoms with Gasteiger partial charge in [-0.15, -0.1) is 0 Å². The first-order valence-corrected chi connectivity index (χ1v) is 6.51. The molecule has 0 aromatic carbocycles. The molecule has 0 radical (unpaired) electrons. The molecule has 3 heteroatoms. The number of carbonyl (C=O) groups is 1. The van der Waals surface area contributed by atoms with Crippen LogP contribution in [0, 0.1) is 0 Å². The van der Waals surface area contributed by atoms with Gasteiger partial charge in [0.2, 0.25) is 0 Å². The van der Waals surface area contributed by atoms with Gasteiger partial charge in [-0.2, -0.15) is 0 Å². The van der Waals surface area contributed by atoms with Gasteiger partial charge in [0.05, 0.1) is 0 Å². The van der Waals surface area contributed by atoms with Crippen molar-refractivity contribution in [2.45, 2.75) is 24.0 Å². The summed E-state index contributed by atoms with van der Waals surface area (Å²) in [7, 11) is 0. The number of hydrogen-bond acceptors (Lipinski definition) is 2. The van der Waals surface area contributed by atoms with E-state index in [1.54, 1.807) is 6.92 Å². The average molecular weight is 220 g/mol. The summed E-state index contributed by atoms with van der Waals surface area (Å²) >= 11 is 0.896. The molecule has 1 aliphatic rings. The predicted molar refractivity (Wildman–Crippen MR) is 47.1 cm³/mol. The van der Waals surface area contributed by atoms with Crippen molar-refractivity contribution in [3.8, 4) is 0 Å². The van der Waals surface area contributed by atoms with Crippen LogP contribution in [0.25, 0.3) is 0 Å². The SMILES string of the molecule is CC(=O)CCN1CC[Se]CC1. The third kappa shape index (κ3) is 3.90. The van der Waals surface area contributed by atoms with Crippen molar-refractivity contribution in [3.05, 3.63) is 0 Å². The molecule has 0 unspecified atom stereocenters. The summed E-state index contributed by atoms with van der Waals surface area (Å²) < 4.78 is 0. The average Bonchev–Trinajstić information content (AvgIpc) is 2.03. The molecule has 0 atom stereocenters. The fraction of sp³-hybridized carbons (Fsp3) is 0.875. The summed E-state index contributed by atoms with van der Waals surface area (Å²) in [6, 6.07) is 0. The molecule has 11 heavy (non-hydrogen) atoms. The summed E-state index contributed by atoms with van der Waals surface area (Å²) in [5.41, 5.74) is 0. The second kappa shape index (κ2) is 4.91. The van der Waals surface area contributed by atoms with Crippen LogP contribution in [-0.4, -0.2) is 45.3 Å². The summed E-state index contributed by atoms with van der Waals surface area (Å²) in [4.78, 5) is 13.1. The topological polar surface area (TPSA) is 20.3 Å². The van der Waals surface area contributed by atoms with Gasteiger partial charge < -0.3 is 0 Å². The molecule has 1 aliphatic heterocycles. The van der Waals surface area contributed by atoms with Gasteiger partial charge >= 0.3 is 74.1 Å². The van der Waals surface area contributed by atoms with E-state index in [0.717, 1.165) is 27.9 Å². The van der Waals surface area contributed by atoms with Gasteiger partial charge in [-0.1, -0.05) is 0 Å². The molecule has 0 bridgehead atoms. The fourth-order valence-corrected chi connectivity index (χ4v) is 3.19. The van der Waals surface area contributed by atoms with Gasteiger partial charge in [0.1, 0.15) is 0 Å². The van der Waals surface area contributed by atoms with Crippen molar-refractivity contribution in [1.29, 1.82) is 0 Å².